The van der Waals surface area contributed by atoms with Crippen molar-refractivity contribution in [1.82, 2.24) is 20.5 Å². The van der Waals surface area contributed by atoms with Crippen LogP contribution in [0.4, 0.5) is 0 Å². The highest BCUT2D eigenvalue weighted by Crippen LogP contribution is 2.28. The minimum atomic E-state index is -0.321. The van der Waals surface area contributed by atoms with Crippen LogP contribution in [0.2, 0.25) is 0 Å². The van der Waals surface area contributed by atoms with Crippen LogP contribution < -0.4 is 11.1 Å². The predicted octanol–water partition coefficient (Wildman–Crippen LogP) is 1.64. The van der Waals surface area contributed by atoms with Gasteiger partial charge in [0.15, 0.2) is 42.5 Å². The molecular weight excluding hydrogens is 1050 g/mol. The van der Waals surface area contributed by atoms with E-state index in [9.17, 15) is 28.8 Å². The highest BCUT2D eigenvalue weighted by molar-refractivity contribution is 8.13. The molecule has 6 fully saturated rings. The van der Waals surface area contributed by atoms with Gasteiger partial charge in [0.05, 0.1) is 112 Å². The number of aliphatic hydroxyl groups is 1. The van der Waals surface area contributed by atoms with Crippen LogP contribution in [0.3, 0.4) is 0 Å². The zero-order valence-corrected chi connectivity index (χ0v) is 45.6. The Kier molecular flexibility index (Phi) is 68.3. The van der Waals surface area contributed by atoms with E-state index in [2.05, 4.69) is 42.6 Å². The molecule has 1 amide bonds. The number of amides is 1. The summed E-state index contributed by atoms with van der Waals surface area (Å²) in [5.74, 6) is -1.17. The van der Waals surface area contributed by atoms with E-state index in [1.165, 1.54) is 41.1 Å². The number of esters is 1. The first-order valence-electron chi connectivity index (χ1n) is 22.3. The molecule has 0 aromatic carbocycles. The summed E-state index contributed by atoms with van der Waals surface area (Å²) in [5, 5.41) is 14.1. The molecule has 28 nitrogen and oxygen atoms in total. The number of carbonyl (C=O) groups excluding carboxylic acids is 6. The van der Waals surface area contributed by atoms with Crippen molar-refractivity contribution in [2.45, 2.75) is 106 Å². The van der Waals surface area contributed by atoms with Gasteiger partial charge in [-0.05, 0) is 19.6 Å². The predicted molar refractivity (Wildman–Crippen MR) is 286 cm³/mol. The molecular formula is C46H99N5O23S2. The zero-order valence-electron chi connectivity index (χ0n) is 43.9. The number of hydrogen-bond donors (Lipinski definition) is 4. The molecule has 30 heteroatoms. The molecule has 0 aliphatic carbocycles. The van der Waals surface area contributed by atoms with Crippen LogP contribution in [0.15, 0.2) is 0 Å². The van der Waals surface area contributed by atoms with Gasteiger partial charge >= 0.3 is 23.9 Å². The summed E-state index contributed by atoms with van der Waals surface area (Å²) in [6.45, 7) is 6.14. The minimum Gasteiger partial charge on any atom is -0.469 e. The Morgan fingerprint density at radius 2 is 0.684 bits per heavy atom. The Morgan fingerprint density at radius 3 is 0.868 bits per heavy atom. The molecule has 0 aromatic rings. The van der Waals surface area contributed by atoms with Gasteiger partial charge in [0.2, 0.25) is 5.91 Å². The van der Waals surface area contributed by atoms with E-state index < -0.39 is 0 Å². The summed E-state index contributed by atoms with van der Waals surface area (Å²) in [7, 11) is 14.8. The smallest absolute Gasteiger partial charge is 0.327 e. The fourth-order valence-electron chi connectivity index (χ4n) is 3.99. The third kappa shape index (κ3) is 53.1. The number of hydroxylamine groups is 6. The van der Waals surface area contributed by atoms with Crippen molar-refractivity contribution in [2.24, 2.45) is 5.73 Å². The van der Waals surface area contributed by atoms with Gasteiger partial charge in [0, 0.05) is 69.7 Å². The summed E-state index contributed by atoms with van der Waals surface area (Å²) in [6, 6.07) is 0. The molecule has 0 radical (unpaired) electrons. The van der Waals surface area contributed by atoms with Crippen LogP contribution in [0.5, 0.6) is 0 Å². The van der Waals surface area contributed by atoms with Crippen molar-refractivity contribution in [3.05, 3.63) is 0 Å². The lowest BCUT2D eigenvalue weighted by Crippen LogP contribution is -2.33. The van der Waals surface area contributed by atoms with E-state index in [0.717, 1.165) is 7.11 Å². The van der Waals surface area contributed by atoms with Gasteiger partial charge in [-0.25, -0.2) is 0 Å². The van der Waals surface area contributed by atoms with Crippen molar-refractivity contribution in [1.29, 1.82) is 0 Å². The monoisotopic (exact) mass is 1150 g/mol. The number of thiol groups is 1. The first-order chi connectivity index (χ1) is 34.9. The fourth-order valence-corrected chi connectivity index (χ4v) is 4.28. The molecule has 0 bridgehead atoms. The Labute approximate surface area is 462 Å². The van der Waals surface area contributed by atoms with E-state index in [1.54, 1.807) is 62.2 Å². The number of nitrogens with two attached hydrogens (primary N) is 1. The van der Waals surface area contributed by atoms with Gasteiger partial charge in [-0.2, -0.15) is 12.6 Å². The molecule has 6 saturated heterocycles. The van der Waals surface area contributed by atoms with Crippen molar-refractivity contribution in [3.8, 4) is 0 Å². The van der Waals surface area contributed by atoms with Crippen molar-refractivity contribution < 1.29 is 110 Å². The molecule has 6 aliphatic heterocycles. The zero-order chi connectivity index (χ0) is 55.1. The molecule has 458 valence electrons. The number of thioether (sulfide) groups is 1. The van der Waals surface area contributed by atoms with Crippen LogP contribution in [-0.4, -0.2) is 255 Å². The summed E-state index contributed by atoms with van der Waals surface area (Å²) in [4.78, 5) is 80.0. The molecule has 0 saturated carbocycles. The number of nitrogens with one attached hydrogen (secondary N) is 1. The number of ether oxygens (including phenoxy) is 13. The summed E-state index contributed by atoms with van der Waals surface area (Å²) in [6.07, 6.45) is 4.81. The standard InChI is InChI=1S/3C8H13NO5.C5H11NO2.C5H10O3.C5H10O2S.CH5N.CH4O.CH4S.4CH4/c3*1-11-3-2-8(10)14-9(6-4-12-6)7-5-13-7;1-6-5(7)3-4-8-2;2*1-7-4-3-5(6)8-2;3*1-2;;;;/h3*6-7H,2-5H2,1H3;3-4H2,1-2H3,(H,6,7);2*3-4H2,1-2H3;2H2,1H3;2*2H,1H3;4*1H4. The van der Waals surface area contributed by atoms with Crippen molar-refractivity contribution in [3.63, 3.8) is 0 Å². The summed E-state index contributed by atoms with van der Waals surface area (Å²) in [5.41, 5.74) is 4.50. The molecule has 6 heterocycles. The first kappa shape index (κ1) is 86.9. The number of methoxy groups -OCH3 is 7. The van der Waals surface area contributed by atoms with Gasteiger partial charge in [0.25, 0.3) is 0 Å². The van der Waals surface area contributed by atoms with E-state index in [0.29, 0.717) is 98.5 Å². The molecule has 4 N–H and O–H groups in total. The van der Waals surface area contributed by atoms with Crippen molar-refractivity contribution in [2.75, 3.05) is 163 Å². The highest BCUT2D eigenvalue weighted by Gasteiger charge is 2.46. The Hall–Kier alpha value is -2.96. The molecule has 0 aromatic heterocycles. The maximum atomic E-state index is 11.2. The molecule has 6 aliphatic rings. The Bertz CT molecular complexity index is 1170. The van der Waals surface area contributed by atoms with Crippen LogP contribution in [0.25, 0.3) is 0 Å². The highest BCUT2D eigenvalue weighted by atomic mass is 32.2. The number of hydrogen-bond acceptors (Lipinski definition) is 29. The Balaban J connectivity index is -0.000000148. The van der Waals surface area contributed by atoms with Gasteiger partial charge in [0.1, 0.15) is 0 Å². The van der Waals surface area contributed by atoms with Crippen LogP contribution in [-0.2, 0) is 105 Å². The summed E-state index contributed by atoms with van der Waals surface area (Å²) >= 11 is 4.77. The minimum absolute atomic E-state index is 0. The first-order valence-corrected chi connectivity index (χ1v) is 24.4. The topological polar surface area (TPSA) is 338 Å². The molecule has 0 spiro atoms. The van der Waals surface area contributed by atoms with E-state index in [1.807, 2.05) is 0 Å². The third-order valence-electron chi connectivity index (χ3n) is 8.04. The van der Waals surface area contributed by atoms with Crippen LogP contribution in [0, 0.1) is 0 Å². The van der Waals surface area contributed by atoms with E-state index in [-0.39, 0.29) is 121 Å². The SMILES string of the molecule is C.C.C.C.CN.CNC(=O)CCOC.CO.COCCC(=O)OC.COCCC(=O)ON(C1CO1)C1CO1.COCCC(=O)ON(C1CO1)C1CO1.COCCC(=O)ON(C1CO1)C1CO1.COCCC(=O)SC.CS. The number of nitrogens with zero attached hydrogens (tertiary/aromatic N) is 3. The normalized spacial score (nSPS) is 19.1. The second-order valence-electron chi connectivity index (χ2n) is 13.5. The van der Waals surface area contributed by atoms with E-state index in [4.69, 9.17) is 62.3 Å². The molecule has 6 atom stereocenters. The largest absolute Gasteiger partial charge is 0.469 e. The fraction of sp³-hybridized carbons (Fsp3) is 0.870. The Morgan fingerprint density at radius 1 is 0.474 bits per heavy atom. The van der Waals surface area contributed by atoms with Gasteiger partial charge in [-0.15, -0.1) is 0 Å². The maximum absolute atomic E-state index is 11.2. The average Bonchev–Trinajstić information content (AvgIpc) is 4.21. The maximum Gasteiger partial charge on any atom is 0.327 e. The van der Waals surface area contributed by atoms with Crippen LogP contribution >= 0.6 is 24.4 Å². The van der Waals surface area contributed by atoms with Crippen molar-refractivity contribution >= 4 is 59.3 Å². The third-order valence-corrected chi connectivity index (χ3v) is 8.70. The number of carbonyl (C=O) groups is 6. The van der Waals surface area contributed by atoms with Gasteiger partial charge in [-0.3, -0.25) is 28.8 Å². The molecule has 76 heavy (non-hydrogen) atoms. The summed E-state index contributed by atoms with van der Waals surface area (Å²) < 4.78 is 62.7. The lowest BCUT2D eigenvalue weighted by atomic mass is 10.4. The second-order valence-corrected chi connectivity index (χ2v) is 14.3. The van der Waals surface area contributed by atoms with Gasteiger partial charge < -0.3 is 92.2 Å². The van der Waals surface area contributed by atoms with Crippen LogP contribution in [0.1, 0.15) is 68.2 Å². The lowest BCUT2D eigenvalue weighted by molar-refractivity contribution is -0.214. The number of rotatable bonds is 27. The number of aliphatic hydroxyl groups excluding tert-OH is 1. The number of epoxide rings is 6. The lowest BCUT2D eigenvalue weighted by Gasteiger charge is -2.15. The van der Waals surface area contributed by atoms with Gasteiger partial charge in [-0.1, -0.05) is 56.7 Å². The second kappa shape index (κ2) is 59.7. The molecule has 6 rings (SSSR count). The molecule has 6 unspecified atom stereocenters. The van der Waals surface area contributed by atoms with E-state index >= 15 is 0 Å². The average molecular weight is 1150 g/mol. The quantitative estimate of drug-likeness (QED) is 0.0393.